The van der Waals surface area contributed by atoms with Gasteiger partial charge in [0, 0.05) is 17.1 Å². The van der Waals surface area contributed by atoms with E-state index in [1.54, 1.807) is 11.8 Å². The maximum atomic E-state index is 9.16. The van der Waals surface area contributed by atoms with Crippen molar-refractivity contribution in [2.24, 2.45) is 0 Å². The Balaban J connectivity index is 2.57. The average molecular weight is 213 g/mol. The molecule has 1 aromatic rings. The van der Waals surface area contributed by atoms with E-state index in [9.17, 15) is 0 Å². The third kappa shape index (κ3) is 3.21. The van der Waals surface area contributed by atoms with Gasteiger partial charge >= 0.3 is 0 Å². The Morgan fingerprint density at radius 3 is 2.79 bits per heavy atom. The summed E-state index contributed by atoms with van der Waals surface area (Å²) in [6.07, 6.45) is 1.30. The minimum Gasteiger partial charge on any atom is -0.394 e. The summed E-state index contributed by atoms with van der Waals surface area (Å²) >= 11 is 1.65. The summed E-state index contributed by atoms with van der Waals surface area (Å²) in [6.45, 7) is 0.155. The van der Waals surface area contributed by atoms with Gasteiger partial charge in [0.15, 0.2) is 0 Å². The van der Waals surface area contributed by atoms with E-state index in [2.05, 4.69) is 5.32 Å². The Labute approximate surface area is 88.2 Å². The van der Waals surface area contributed by atoms with Gasteiger partial charge in [0.1, 0.15) is 0 Å². The maximum absolute atomic E-state index is 9.16. The van der Waals surface area contributed by atoms with Crippen molar-refractivity contribution in [2.45, 2.75) is 11.0 Å². The van der Waals surface area contributed by atoms with Crippen molar-refractivity contribution in [3.63, 3.8) is 0 Å². The average Bonchev–Trinajstić information content (AvgIpc) is 2.26. The molecule has 0 aromatic heterocycles. The molecule has 1 aromatic carbocycles. The molecule has 0 radical (unpaired) electrons. The summed E-state index contributed by atoms with van der Waals surface area (Å²) in [6, 6.07) is 7.88. The van der Waals surface area contributed by atoms with Crippen LogP contribution in [0.15, 0.2) is 29.2 Å². The summed E-state index contributed by atoms with van der Waals surface area (Å²) in [7, 11) is 0. The lowest BCUT2D eigenvalue weighted by Gasteiger charge is -2.12. The second kappa shape index (κ2) is 5.90. The zero-order chi connectivity index (χ0) is 10.4. The highest BCUT2D eigenvalue weighted by Crippen LogP contribution is 2.24. The number of aliphatic hydroxyl groups is 2. The zero-order valence-corrected chi connectivity index (χ0v) is 8.92. The van der Waals surface area contributed by atoms with Crippen molar-refractivity contribution < 1.29 is 10.2 Å². The molecule has 0 saturated carbocycles. The number of benzene rings is 1. The van der Waals surface area contributed by atoms with E-state index < -0.39 is 6.10 Å². The fraction of sp³-hybridized carbons (Fsp3) is 0.400. The number of para-hydroxylation sites is 1. The smallest absolute Gasteiger partial charge is 0.0942 e. The molecule has 0 unspecified atom stereocenters. The van der Waals surface area contributed by atoms with E-state index in [-0.39, 0.29) is 6.61 Å². The molecule has 0 amide bonds. The summed E-state index contributed by atoms with van der Waals surface area (Å²) in [5.41, 5.74) is 0.993. The molecule has 3 nitrogen and oxygen atoms in total. The van der Waals surface area contributed by atoms with Gasteiger partial charge in [-0.05, 0) is 18.4 Å². The largest absolute Gasteiger partial charge is 0.394 e. The monoisotopic (exact) mass is 213 g/mol. The van der Waals surface area contributed by atoms with Gasteiger partial charge in [-0.25, -0.2) is 0 Å². The molecule has 0 spiro atoms. The predicted octanol–water partition coefficient (Wildman–Crippen LogP) is 1.17. The summed E-state index contributed by atoms with van der Waals surface area (Å²) < 4.78 is 0. The molecule has 3 N–H and O–H groups in total. The van der Waals surface area contributed by atoms with Crippen molar-refractivity contribution >= 4 is 17.4 Å². The van der Waals surface area contributed by atoms with E-state index in [0.29, 0.717) is 6.54 Å². The lowest BCUT2D eigenvalue weighted by atomic mass is 10.3. The van der Waals surface area contributed by atoms with Crippen molar-refractivity contribution in [2.75, 3.05) is 24.7 Å². The first kappa shape index (κ1) is 11.4. The molecular formula is C10H15NO2S. The van der Waals surface area contributed by atoms with Crippen LogP contribution in [0.2, 0.25) is 0 Å². The fourth-order valence-electron chi connectivity index (χ4n) is 1.08. The van der Waals surface area contributed by atoms with Crippen molar-refractivity contribution in [1.29, 1.82) is 0 Å². The molecule has 78 valence electrons. The Kier molecular flexibility index (Phi) is 4.79. The van der Waals surface area contributed by atoms with E-state index in [1.165, 1.54) is 0 Å². The fourth-order valence-corrected chi connectivity index (χ4v) is 1.66. The van der Waals surface area contributed by atoms with E-state index in [1.807, 2.05) is 30.5 Å². The topological polar surface area (TPSA) is 52.5 Å². The Morgan fingerprint density at radius 2 is 2.14 bits per heavy atom. The Morgan fingerprint density at radius 1 is 1.43 bits per heavy atom. The first-order chi connectivity index (χ1) is 6.77. The lowest BCUT2D eigenvalue weighted by molar-refractivity contribution is 0.105. The maximum Gasteiger partial charge on any atom is 0.0942 e. The molecule has 0 aliphatic carbocycles. The van der Waals surface area contributed by atoms with Crippen LogP contribution >= 0.6 is 11.8 Å². The third-order valence-corrected chi connectivity index (χ3v) is 2.64. The minimum absolute atomic E-state index is 0.214. The van der Waals surface area contributed by atoms with Crippen LogP contribution in [0.5, 0.6) is 0 Å². The van der Waals surface area contributed by atoms with Crippen molar-refractivity contribution in [3.8, 4) is 0 Å². The van der Waals surface area contributed by atoms with Crippen LogP contribution in [-0.4, -0.2) is 35.7 Å². The minimum atomic E-state index is -0.704. The molecule has 1 atom stereocenters. The number of hydrogen-bond donors (Lipinski definition) is 3. The van der Waals surface area contributed by atoms with E-state index >= 15 is 0 Å². The van der Waals surface area contributed by atoms with Gasteiger partial charge in [-0.1, -0.05) is 12.1 Å². The molecule has 0 fully saturated rings. The predicted molar refractivity (Wildman–Crippen MR) is 59.8 cm³/mol. The van der Waals surface area contributed by atoms with Gasteiger partial charge in [-0.3, -0.25) is 0 Å². The molecule has 0 bridgehead atoms. The molecule has 4 heteroatoms. The van der Waals surface area contributed by atoms with Crippen LogP contribution in [0.1, 0.15) is 0 Å². The van der Waals surface area contributed by atoms with Crippen LogP contribution in [0, 0.1) is 0 Å². The van der Waals surface area contributed by atoms with Crippen molar-refractivity contribution in [1.82, 2.24) is 0 Å². The van der Waals surface area contributed by atoms with Gasteiger partial charge in [-0.15, -0.1) is 11.8 Å². The van der Waals surface area contributed by atoms with E-state index in [0.717, 1.165) is 10.6 Å². The normalized spacial score (nSPS) is 12.5. The van der Waals surface area contributed by atoms with Gasteiger partial charge in [0.25, 0.3) is 0 Å². The first-order valence-electron chi connectivity index (χ1n) is 4.43. The lowest BCUT2D eigenvalue weighted by Crippen LogP contribution is -2.23. The highest BCUT2D eigenvalue weighted by molar-refractivity contribution is 7.98. The summed E-state index contributed by atoms with van der Waals surface area (Å²) in [5, 5.41) is 20.9. The van der Waals surface area contributed by atoms with Gasteiger partial charge in [0.05, 0.1) is 12.7 Å². The molecule has 0 aliphatic heterocycles. The van der Waals surface area contributed by atoms with Gasteiger partial charge in [0.2, 0.25) is 0 Å². The number of thioether (sulfide) groups is 1. The molecular weight excluding hydrogens is 198 g/mol. The summed E-state index contributed by atoms with van der Waals surface area (Å²) in [4.78, 5) is 1.14. The summed E-state index contributed by atoms with van der Waals surface area (Å²) in [5.74, 6) is 0. The van der Waals surface area contributed by atoms with Crippen LogP contribution in [0.3, 0.4) is 0 Å². The zero-order valence-electron chi connectivity index (χ0n) is 8.10. The van der Waals surface area contributed by atoms with Crippen LogP contribution in [0.25, 0.3) is 0 Å². The number of hydrogen-bond acceptors (Lipinski definition) is 4. The Hall–Kier alpha value is -0.710. The number of nitrogens with one attached hydrogen (secondary N) is 1. The number of aliphatic hydroxyl groups excluding tert-OH is 2. The second-order valence-electron chi connectivity index (χ2n) is 2.92. The van der Waals surface area contributed by atoms with Crippen molar-refractivity contribution in [3.05, 3.63) is 24.3 Å². The van der Waals surface area contributed by atoms with Crippen LogP contribution in [-0.2, 0) is 0 Å². The highest BCUT2D eigenvalue weighted by atomic mass is 32.2. The second-order valence-corrected chi connectivity index (χ2v) is 3.77. The van der Waals surface area contributed by atoms with Crippen LogP contribution in [0.4, 0.5) is 5.69 Å². The molecule has 0 aliphatic rings. The SMILES string of the molecule is CSc1ccccc1NC[C@H](O)CO. The quantitative estimate of drug-likeness (QED) is 0.643. The molecule has 14 heavy (non-hydrogen) atoms. The molecule has 1 rings (SSSR count). The Bertz CT molecular complexity index is 281. The molecule has 0 saturated heterocycles. The number of anilines is 1. The van der Waals surface area contributed by atoms with Crippen LogP contribution < -0.4 is 5.32 Å². The third-order valence-electron chi connectivity index (χ3n) is 1.85. The highest BCUT2D eigenvalue weighted by Gasteiger charge is 2.03. The van der Waals surface area contributed by atoms with E-state index in [4.69, 9.17) is 10.2 Å². The van der Waals surface area contributed by atoms with Gasteiger partial charge in [-0.2, -0.15) is 0 Å². The first-order valence-corrected chi connectivity index (χ1v) is 5.66. The number of rotatable bonds is 5. The van der Waals surface area contributed by atoms with Gasteiger partial charge < -0.3 is 15.5 Å². The molecule has 0 heterocycles. The standard InChI is InChI=1S/C10H15NO2S/c1-14-10-5-3-2-4-9(10)11-6-8(13)7-12/h2-5,8,11-13H,6-7H2,1H3/t8-/m0/s1.